The maximum Gasteiger partial charge on any atom is 0.274 e. The van der Waals surface area contributed by atoms with Crippen molar-refractivity contribution in [3.05, 3.63) is 98.2 Å². The van der Waals surface area contributed by atoms with E-state index in [1.165, 1.54) is 4.57 Å². The quantitative estimate of drug-likeness (QED) is 0.454. The molecule has 2 unspecified atom stereocenters. The number of fused-ring (bicyclic) bond motifs is 1. The SMILES string of the molecule is O=C(NCc1c(F)cc(F)cc1F)c1c2n3c(c(OCc4ccccc4)c1=O)C(=O)N1CCCCC3(CC2F)C1. The topological polar surface area (TPSA) is 80.6 Å². The lowest BCUT2D eigenvalue weighted by Crippen LogP contribution is -2.52. The van der Waals surface area contributed by atoms with E-state index >= 15 is 4.39 Å². The molecule has 0 radical (unpaired) electrons. The molecule has 1 spiro atoms. The zero-order valence-electron chi connectivity index (χ0n) is 21.3. The van der Waals surface area contributed by atoms with Crippen LogP contribution in [0.2, 0.25) is 0 Å². The molecule has 208 valence electrons. The van der Waals surface area contributed by atoms with Crippen LogP contribution in [-0.2, 0) is 18.7 Å². The van der Waals surface area contributed by atoms with Crippen LogP contribution in [0.5, 0.6) is 5.75 Å². The van der Waals surface area contributed by atoms with Gasteiger partial charge in [-0.2, -0.15) is 0 Å². The standard InChI is InChI=1S/C29H25F4N3O4/c30-17-10-19(31)18(20(32)11-17)13-34-27(38)22-23-21(33)12-29-8-4-5-9-35(15-29)28(39)24(36(23)29)26(25(22)37)40-14-16-6-2-1-3-7-16/h1-3,6-7,10-11,21H,4-5,8-9,12-15H2,(H,34,38). The second kappa shape index (κ2) is 9.79. The fourth-order valence-corrected chi connectivity index (χ4v) is 6.20. The number of nitrogens with zero attached hydrogens (tertiary/aromatic N) is 2. The van der Waals surface area contributed by atoms with Crippen LogP contribution < -0.4 is 15.5 Å². The Balaban J connectivity index is 1.48. The van der Waals surface area contributed by atoms with Gasteiger partial charge in [0.15, 0.2) is 11.4 Å². The van der Waals surface area contributed by atoms with Gasteiger partial charge in [0.1, 0.15) is 35.8 Å². The Labute approximate surface area is 226 Å². The smallest absolute Gasteiger partial charge is 0.274 e. The van der Waals surface area contributed by atoms with Gasteiger partial charge in [0.25, 0.3) is 11.8 Å². The number of halogens is 4. The van der Waals surface area contributed by atoms with Gasteiger partial charge in [-0.3, -0.25) is 14.4 Å². The number of carbonyl (C=O) groups excluding carboxylic acids is 2. The minimum absolute atomic E-state index is 0.0349. The molecular formula is C29H25F4N3O4. The summed E-state index contributed by atoms with van der Waals surface area (Å²) in [6.07, 6.45) is 0.186. The van der Waals surface area contributed by atoms with Gasteiger partial charge >= 0.3 is 0 Å². The van der Waals surface area contributed by atoms with Crippen LogP contribution in [-0.4, -0.2) is 34.4 Å². The fourth-order valence-electron chi connectivity index (χ4n) is 6.20. The van der Waals surface area contributed by atoms with Crippen molar-refractivity contribution in [2.45, 2.75) is 50.5 Å². The van der Waals surface area contributed by atoms with Gasteiger partial charge in [0.2, 0.25) is 5.43 Å². The largest absolute Gasteiger partial charge is 0.483 e. The van der Waals surface area contributed by atoms with Gasteiger partial charge in [-0.15, -0.1) is 0 Å². The van der Waals surface area contributed by atoms with E-state index in [1.807, 2.05) is 0 Å². The molecule has 2 amide bonds. The number of carbonyl (C=O) groups is 2. The van der Waals surface area contributed by atoms with E-state index in [0.717, 1.165) is 0 Å². The molecule has 40 heavy (non-hydrogen) atoms. The number of benzene rings is 2. The molecule has 3 aromatic rings. The first-order valence-corrected chi connectivity index (χ1v) is 13.1. The van der Waals surface area contributed by atoms with Crippen molar-refractivity contribution in [3.63, 3.8) is 0 Å². The maximum atomic E-state index is 15.9. The molecule has 0 aliphatic carbocycles. The van der Waals surface area contributed by atoms with E-state index in [-0.39, 0.29) is 36.7 Å². The van der Waals surface area contributed by atoms with Crippen LogP contribution in [0.3, 0.4) is 0 Å². The Hall–Kier alpha value is -4.15. The molecule has 3 aliphatic rings. The predicted octanol–water partition coefficient (Wildman–Crippen LogP) is 4.52. The zero-order chi connectivity index (χ0) is 28.2. The Morgan fingerprint density at radius 3 is 2.52 bits per heavy atom. The normalized spacial score (nSPS) is 21.1. The molecule has 1 aromatic heterocycles. The highest BCUT2D eigenvalue weighted by Gasteiger charge is 2.54. The monoisotopic (exact) mass is 555 g/mol. The lowest BCUT2D eigenvalue weighted by molar-refractivity contribution is 0.0568. The number of ether oxygens (including phenoxy) is 1. The van der Waals surface area contributed by atoms with Crippen molar-refractivity contribution in [1.82, 2.24) is 14.8 Å². The third kappa shape index (κ3) is 4.15. The number of amides is 2. The maximum absolute atomic E-state index is 15.9. The van der Waals surface area contributed by atoms with Crippen molar-refractivity contribution in [3.8, 4) is 5.75 Å². The summed E-state index contributed by atoms with van der Waals surface area (Å²) in [7, 11) is 0. The third-order valence-electron chi connectivity index (χ3n) is 7.98. The molecule has 2 bridgehead atoms. The number of hydrogen-bond acceptors (Lipinski definition) is 4. The number of nitrogens with one attached hydrogen (secondary N) is 1. The summed E-state index contributed by atoms with van der Waals surface area (Å²) in [5, 5.41) is 2.28. The van der Waals surface area contributed by atoms with Crippen molar-refractivity contribution in [2.75, 3.05) is 13.1 Å². The van der Waals surface area contributed by atoms with Crippen LogP contribution in [0.25, 0.3) is 0 Å². The van der Waals surface area contributed by atoms with Crippen LogP contribution in [0.1, 0.15) is 69.5 Å². The van der Waals surface area contributed by atoms with E-state index < -0.39 is 64.1 Å². The Kier molecular flexibility index (Phi) is 6.39. The Morgan fingerprint density at radius 2 is 1.80 bits per heavy atom. The number of alkyl halides is 1. The molecule has 7 nitrogen and oxygen atoms in total. The Bertz CT molecular complexity index is 1570. The highest BCUT2D eigenvalue weighted by Crippen LogP contribution is 2.51. The molecule has 0 saturated carbocycles. The molecule has 1 fully saturated rings. The molecular weight excluding hydrogens is 530 g/mol. The zero-order valence-corrected chi connectivity index (χ0v) is 21.3. The number of hydrogen-bond donors (Lipinski definition) is 1. The molecule has 2 aromatic carbocycles. The highest BCUT2D eigenvalue weighted by molar-refractivity contribution is 6.01. The summed E-state index contributed by atoms with van der Waals surface area (Å²) in [6, 6.07) is 9.83. The van der Waals surface area contributed by atoms with Crippen LogP contribution >= 0.6 is 0 Å². The van der Waals surface area contributed by atoms with E-state index in [0.29, 0.717) is 43.5 Å². The Morgan fingerprint density at radius 1 is 1.07 bits per heavy atom. The first-order valence-electron chi connectivity index (χ1n) is 13.1. The summed E-state index contributed by atoms with van der Waals surface area (Å²) >= 11 is 0. The summed E-state index contributed by atoms with van der Waals surface area (Å²) < 4.78 is 65.0. The van der Waals surface area contributed by atoms with Crippen molar-refractivity contribution >= 4 is 11.8 Å². The lowest BCUT2D eigenvalue weighted by Gasteiger charge is -2.42. The minimum Gasteiger partial charge on any atom is -0.483 e. The van der Waals surface area contributed by atoms with Crippen LogP contribution in [0.4, 0.5) is 17.6 Å². The van der Waals surface area contributed by atoms with E-state index in [1.54, 1.807) is 35.2 Å². The van der Waals surface area contributed by atoms with Gasteiger partial charge in [0, 0.05) is 43.8 Å². The fraction of sp³-hybridized carbons (Fsp3) is 0.345. The molecule has 4 heterocycles. The average Bonchev–Trinajstić information content (AvgIpc) is 3.06. The van der Waals surface area contributed by atoms with Gasteiger partial charge in [-0.1, -0.05) is 30.3 Å². The van der Waals surface area contributed by atoms with E-state index in [9.17, 15) is 27.6 Å². The highest BCUT2D eigenvalue weighted by atomic mass is 19.1. The minimum atomic E-state index is -1.74. The van der Waals surface area contributed by atoms with Gasteiger partial charge in [-0.25, -0.2) is 17.6 Å². The molecule has 1 saturated heterocycles. The molecule has 2 atom stereocenters. The second-order valence-corrected chi connectivity index (χ2v) is 10.5. The van der Waals surface area contributed by atoms with Crippen molar-refractivity contribution in [1.29, 1.82) is 0 Å². The third-order valence-corrected chi connectivity index (χ3v) is 7.98. The summed E-state index contributed by atoms with van der Waals surface area (Å²) in [5.74, 6) is -5.49. The number of aromatic nitrogens is 1. The molecule has 6 rings (SSSR count). The van der Waals surface area contributed by atoms with Crippen molar-refractivity contribution < 1.29 is 31.9 Å². The first-order chi connectivity index (χ1) is 19.2. The van der Waals surface area contributed by atoms with Gasteiger partial charge in [-0.05, 0) is 24.8 Å². The summed E-state index contributed by atoms with van der Waals surface area (Å²) in [6.45, 7) is -0.113. The number of rotatable bonds is 6. The molecule has 3 aliphatic heterocycles. The summed E-state index contributed by atoms with van der Waals surface area (Å²) in [4.78, 5) is 42.5. The number of pyridine rings is 1. The molecule has 11 heteroatoms. The van der Waals surface area contributed by atoms with E-state index in [2.05, 4.69) is 5.32 Å². The predicted molar refractivity (Wildman–Crippen MR) is 135 cm³/mol. The van der Waals surface area contributed by atoms with Crippen LogP contribution in [0, 0.1) is 17.5 Å². The van der Waals surface area contributed by atoms with Gasteiger partial charge < -0.3 is 19.5 Å². The first kappa shape index (κ1) is 26.1. The van der Waals surface area contributed by atoms with E-state index in [4.69, 9.17) is 4.74 Å². The van der Waals surface area contributed by atoms with Crippen LogP contribution in [0.15, 0.2) is 47.3 Å². The lowest BCUT2D eigenvalue weighted by atomic mass is 9.88. The van der Waals surface area contributed by atoms with Crippen molar-refractivity contribution in [2.24, 2.45) is 0 Å². The second-order valence-electron chi connectivity index (χ2n) is 10.5. The summed E-state index contributed by atoms with van der Waals surface area (Å²) in [5.41, 5.74) is -2.67. The van der Waals surface area contributed by atoms with Gasteiger partial charge in [0.05, 0.1) is 11.2 Å². The average molecular weight is 556 g/mol. The molecule has 1 N–H and O–H groups in total.